The summed E-state index contributed by atoms with van der Waals surface area (Å²) in [6, 6.07) is 5.90. The molecule has 0 aliphatic rings. The Morgan fingerprint density at radius 1 is 1.44 bits per heavy atom. The van der Waals surface area contributed by atoms with Gasteiger partial charge in [0.05, 0.1) is 12.8 Å². The first-order chi connectivity index (χ1) is 7.58. The van der Waals surface area contributed by atoms with Gasteiger partial charge in [-0.2, -0.15) is 0 Å². The summed E-state index contributed by atoms with van der Waals surface area (Å²) in [5, 5.41) is 0. The molecule has 0 spiro atoms. The Morgan fingerprint density at radius 2 is 2.12 bits per heavy atom. The lowest BCUT2D eigenvalue weighted by molar-refractivity contribution is 0.417. The van der Waals surface area contributed by atoms with Crippen LogP contribution in [-0.4, -0.2) is 20.7 Å². The molecule has 90 valence electrons. The van der Waals surface area contributed by atoms with Crippen LogP contribution >= 0.6 is 0 Å². The molecule has 1 aromatic carbocycles. The lowest BCUT2D eigenvalue weighted by atomic mass is 10.1. The van der Waals surface area contributed by atoms with Gasteiger partial charge in [-0.1, -0.05) is 20.3 Å². The molecule has 1 unspecified atom stereocenters. The SMILES string of the molecule is CCC(C)CN(C)c1ccc(N)c(OC)c1. The number of ether oxygens (including phenoxy) is 1. The van der Waals surface area contributed by atoms with Gasteiger partial charge in [0, 0.05) is 25.3 Å². The van der Waals surface area contributed by atoms with Crippen molar-refractivity contribution < 1.29 is 4.74 Å². The van der Waals surface area contributed by atoms with Crippen molar-refractivity contribution in [2.75, 3.05) is 31.3 Å². The molecule has 0 aliphatic carbocycles. The van der Waals surface area contributed by atoms with Gasteiger partial charge in [-0.25, -0.2) is 0 Å². The van der Waals surface area contributed by atoms with E-state index >= 15 is 0 Å². The van der Waals surface area contributed by atoms with E-state index in [2.05, 4.69) is 25.8 Å². The van der Waals surface area contributed by atoms with Gasteiger partial charge in [0.15, 0.2) is 0 Å². The molecule has 0 bridgehead atoms. The van der Waals surface area contributed by atoms with Crippen LogP contribution in [0.4, 0.5) is 11.4 Å². The van der Waals surface area contributed by atoms with Gasteiger partial charge < -0.3 is 15.4 Å². The molecule has 0 aromatic heterocycles. The molecule has 0 saturated carbocycles. The third kappa shape index (κ3) is 3.05. The third-order valence-electron chi connectivity index (χ3n) is 2.94. The van der Waals surface area contributed by atoms with E-state index in [-0.39, 0.29) is 0 Å². The monoisotopic (exact) mass is 222 g/mol. The van der Waals surface area contributed by atoms with Crippen LogP contribution in [0.3, 0.4) is 0 Å². The summed E-state index contributed by atoms with van der Waals surface area (Å²) < 4.78 is 5.22. The van der Waals surface area contributed by atoms with Crippen LogP contribution in [0, 0.1) is 5.92 Å². The maximum atomic E-state index is 5.78. The zero-order valence-corrected chi connectivity index (χ0v) is 10.7. The van der Waals surface area contributed by atoms with Crippen molar-refractivity contribution in [2.45, 2.75) is 20.3 Å². The van der Waals surface area contributed by atoms with Crippen molar-refractivity contribution in [3.8, 4) is 5.75 Å². The summed E-state index contributed by atoms with van der Waals surface area (Å²) in [5.74, 6) is 1.43. The van der Waals surface area contributed by atoms with E-state index in [4.69, 9.17) is 10.5 Å². The van der Waals surface area contributed by atoms with Crippen molar-refractivity contribution in [2.24, 2.45) is 5.92 Å². The highest BCUT2D eigenvalue weighted by Gasteiger charge is 2.07. The van der Waals surface area contributed by atoms with E-state index in [9.17, 15) is 0 Å². The molecule has 1 rings (SSSR count). The number of hydrogen-bond acceptors (Lipinski definition) is 3. The molecular weight excluding hydrogens is 200 g/mol. The van der Waals surface area contributed by atoms with E-state index in [1.165, 1.54) is 6.42 Å². The molecule has 3 heteroatoms. The number of hydrogen-bond donors (Lipinski definition) is 1. The molecule has 0 fully saturated rings. The Labute approximate surface area is 98.2 Å². The highest BCUT2D eigenvalue weighted by molar-refractivity contribution is 5.62. The summed E-state index contributed by atoms with van der Waals surface area (Å²) in [6.07, 6.45) is 1.19. The smallest absolute Gasteiger partial charge is 0.143 e. The Morgan fingerprint density at radius 3 is 2.69 bits per heavy atom. The molecular formula is C13H22N2O. The predicted octanol–water partition coefficient (Wildman–Crippen LogP) is 2.76. The first kappa shape index (κ1) is 12.7. The van der Waals surface area contributed by atoms with Gasteiger partial charge in [0.1, 0.15) is 5.75 Å². The lowest BCUT2D eigenvalue weighted by Gasteiger charge is -2.23. The highest BCUT2D eigenvalue weighted by atomic mass is 16.5. The Hall–Kier alpha value is -1.38. The van der Waals surface area contributed by atoms with Crippen LogP contribution < -0.4 is 15.4 Å². The van der Waals surface area contributed by atoms with Crippen molar-refractivity contribution >= 4 is 11.4 Å². The summed E-state index contributed by atoms with van der Waals surface area (Å²) in [7, 11) is 3.74. The van der Waals surface area contributed by atoms with Crippen molar-refractivity contribution in [3.05, 3.63) is 18.2 Å². The van der Waals surface area contributed by atoms with Crippen LogP contribution in [0.15, 0.2) is 18.2 Å². The minimum atomic E-state index is 0.684. The summed E-state index contributed by atoms with van der Waals surface area (Å²) in [5.41, 5.74) is 7.61. The number of anilines is 2. The van der Waals surface area contributed by atoms with E-state index in [0.717, 1.165) is 18.0 Å². The lowest BCUT2D eigenvalue weighted by Crippen LogP contribution is -2.23. The molecule has 2 N–H and O–H groups in total. The topological polar surface area (TPSA) is 38.5 Å². The van der Waals surface area contributed by atoms with Gasteiger partial charge in [0.2, 0.25) is 0 Å². The minimum Gasteiger partial charge on any atom is -0.495 e. The maximum Gasteiger partial charge on any atom is 0.143 e. The van der Waals surface area contributed by atoms with Gasteiger partial charge >= 0.3 is 0 Å². The first-order valence-electron chi connectivity index (χ1n) is 5.73. The van der Waals surface area contributed by atoms with Crippen LogP contribution in [0.1, 0.15) is 20.3 Å². The second-order valence-corrected chi connectivity index (χ2v) is 4.32. The molecule has 16 heavy (non-hydrogen) atoms. The molecule has 3 nitrogen and oxygen atoms in total. The third-order valence-corrected chi connectivity index (χ3v) is 2.94. The fourth-order valence-electron chi connectivity index (χ4n) is 1.64. The van der Waals surface area contributed by atoms with Gasteiger partial charge in [0.25, 0.3) is 0 Å². The van der Waals surface area contributed by atoms with Crippen molar-refractivity contribution in [3.63, 3.8) is 0 Å². The summed E-state index contributed by atoms with van der Waals surface area (Å²) in [6.45, 7) is 5.51. The van der Waals surface area contributed by atoms with Gasteiger partial charge in [-0.05, 0) is 18.1 Å². The molecule has 0 amide bonds. The quantitative estimate of drug-likeness (QED) is 0.778. The Balaban J connectivity index is 2.79. The van der Waals surface area contributed by atoms with E-state index in [1.807, 2.05) is 18.2 Å². The first-order valence-corrected chi connectivity index (χ1v) is 5.73. The second-order valence-electron chi connectivity index (χ2n) is 4.32. The Bertz CT molecular complexity index is 339. The average Bonchev–Trinajstić information content (AvgIpc) is 2.29. The number of rotatable bonds is 5. The normalized spacial score (nSPS) is 12.2. The van der Waals surface area contributed by atoms with Crippen LogP contribution in [0.25, 0.3) is 0 Å². The minimum absolute atomic E-state index is 0.684. The van der Waals surface area contributed by atoms with E-state index in [0.29, 0.717) is 11.6 Å². The van der Waals surface area contributed by atoms with Crippen LogP contribution in [0.5, 0.6) is 5.75 Å². The summed E-state index contributed by atoms with van der Waals surface area (Å²) >= 11 is 0. The highest BCUT2D eigenvalue weighted by Crippen LogP contribution is 2.27. The van der Waals surface area contributed by atoms with E-state index < -0.39 is 0 Å². The number of nitrogens with zero attached hydrogens (tertiary/aromatic N) is 1. The molecule has 0 saturated heterocycles. The number of nitrogen functional groups attached to an aromatic ring is 1. The molecule has 1 aromatic rings. The standard InChI is InChI=1S/C13H22N2O/c1-5-10(2)9-15(3)11-6-7-12(14)13(8-11)16-4/h6-8,10H,5,9,14H2,1-4H3. The average molecular weight is 222 g/mol. The Kier molecular flexibility index (Phi) is 4.47. The fourth-order valence-corrected chi connectivity index (χ4v) is 1.64. The zero-order chi connectivity index (χ0) is 12.1. The number of benzene rings is 1. The van der Waals surface area contributed by atoms with E-state index in [1.54, 1.807) is 7.11 Å². The largest absolute Gasteiger partial charge is 0.495 e. The maximum absolute atomic E-state index is 5.78. The predicted molar refractivity (Wildman–Crippen MR) is 70.1 cm³/mol. The molecule has 0 aliphatic heterocycles. The number of methoxy groups -OCH3 is 1. The summed E-state index contributed by atoms with van der Waals surface area (Å²) in [4.78, 5) is 2.23. The second kappa shape index (κ2) is 5.64. The number of nitrogens with two attached hydrogens (primary N) is 1. The zero-order valence-electron chi connectivity index (χ0n) is 10.7. The fraction of sp³-hybridized carbons (Fsp3) is 0.538. The van der Waals surface area contributed by atoms with Crippen molar-refractivity contribution in [1.29, 1.82) is 0 Å². The van der Waals surface area contributed by atoms with Crippen LogP contribution in [-0.2, 0) is 0 Å². The van der Waals surface area contributed by atoms with Gasteiger partial charge in [-0.3, -0.25) is 0 Å². The molecule has 0 heterocycles. The molecule has 0 radical (unpaired) electrons. The molecule has 1 atom stereocenters. The van der Waals surface area contributed by atoms with Crippen molar-refractivity contribution in [1.82, 2.24) is 0 Å². The van der Waals surface area contributed by atoms with Gasteiger partial charge in [-0.15, -0.1) is 0 Å². The van der Waals surface area contributed by atoms with Crippen LogP contribution in [0.2, 0.25) is 0 Å².